The molecule has 4 heterocycles. The van der Waals surface area contributed by atoms with E-state index in [-0.39, 0.29) is 30.6 Å². The molecule has 194 valence electrons. The maximum absolute atomic E-state index is 14.9. The minimum absolute atomic E-state index is 0.0599. The molecule has 2 unspecified atom stereocenters. The van der Waals surface area contributed by atoms with E-state index in [2.05, 4.69) is 20.2 Å². The fourth-order valence-corrected chi connectivity index (χ4v) is 4.85. The summed E-state index contributed by atoms with van der Waals surface area (Å²) in [4.78, 5) is 25.6. The predicted octanol–water partition coefficient (Wildman–Crippen LogP) is 2.12. The highest BCUT2D eigenvalue weighted by molar-refractivity contribution is 5.82. The van der Waals surface area contributed by atoms with Crippen LogP contribution in [0.1, 0.15) is 22.7 Å². The van der Waals surface area contributed by atoms with Crippen LogP contribution in [-0.4, -0.2) is 76.2 Å². The lowest BCUT2D eigenvalue weighted by molar-refractivity contribution is -0.134. The summed E-state index contributed by atoms with van der Waals surface area (Å²) in [6.45, 7) is 3.94. The highest BCUT2D eigenvalue weighted by atomic mass is 19.1. The smallest absolute Gasteiger partial charge is 0.239 e. The van der Waals surface area contributed by atoms with Crippen LogP contribution in [0.25, 0.3) is 0 Å². The van der Waals surface area contributed by atoms with Crippen molar-refractivity contribution in [3.05, 3.63) is 77.5 Å². The van der Waals surface area contributed by atoms with Gasteiger partial charge in [-0.25, -0.2) is 9.37 Å². The molecule has 2 atom stereocenters. The molecule has 9 nitrogen and oxygen atoms in total. The molecule has 2 aliphatic rings. The monoisotopic (exact) mass is 506 g/mol. The van der Waals surface area contributed by atoms with Gasteiger partial charge >= 0.3 is 0 Å². The molecule has 1 aromatic carbocycles. The molecule has 10 heteroatoms. The number of carbonyl (C=O) groups excluding carboxylic acids is 1. The molecular formula is C27H31FN6O3. The highest BCUT2D eigenvalue weighted by Gasteiger charge is 2.28. The van der Waals surface area contributed by atoms with Crippen molar-refractivity contribution in [1.29, 1.82) is 0 Å². The van der Waals surface area contributed by atoms with E-state index < -0.39 is 11.9 Å². The second-order valence-corrected chi connectivity index (χ2v) is 9.43. The van der Waals surface area contributed by atoms with Gasteiger partial charge in [-0.3, -0.25) is 14.7 Å². The van der Waals surface area contributed by atoms with E-state index >= 15 is 0 Å². The van der Waals surface area contributed by atoms with Crippen molar-refractivity contribution in [2.45, 2.75) is 24.9 Å². The van der Waals surface area contributed by atoms with Crippen LogP contribution in [0.3, 0.4) is 0 Å². The van der Waals surface area contributed by atoms with Crippen LogP contribution in [-0.2, 0) is 17.8 Å². The third-order valence-corrected chi connectivity index (χ3v) is 6.88. The number of hydrogen-bond acceptors (Lipinski definition) is 8. The van der Waals surface area contributed by atoms with Crippen LogP contribution < -0.4 is 15.8 Å². The van der Waals surface area contributed by atoms with E-state index in [0.717, 1.165) is 30.9 Å². The number of aliphatic hydroxyl groups excluding tert-OH is 1. The van der Waals surface area contributed by atoms with Crippen molar-refractivity contribution >= 4 is 11.7 Å². The van der Waals surface area contributed by atoms with Crippen LogP contribution >= 0.6 is 0 Å². The summed E-state index contributed by atoms with van der Waals surface area (Å²) < 4.78 is 20.8. The fraction of sp³-hybridized carbons (Fsp3) is 0.370. The number of nitrogens with one attached hydrogen (secondary N) is 1. The number of hydrogen-bond donors (Lipinski definition) is 3. The third-order valence-electron chi connectivity index (χ3n) is 6.88. The Morgan fingerprint density at radius 1 is 1.14 bits per heavy atom. The summed E-state index contributed by atoms with van der Waals surface area (Å²) in [5, 5.41) is 12.8. The highest BCUT2D eigenvalue weighted by Crippen LogP contribution is 2.39. The first kappa shape index (κ1) is 25.1. The lowest BCUT2D eigenvalue weighted by Gasteiger charge is -2.35. The second-order valence-electron chi connectivity index (χ2n) is 9.43. The molecule has 1 amide bonds. The first-order valence-electron chi connectivity index (χ1n) is 12.5. The summed E-state index contributed by atoms with van der Waals surface area (Å²) in [6, 6.07) is 11.4. The Labute approximate surface area is 215 Å². The van der Waals surface area contributed by atoms with Gasteiger partial charge in [-0.15, -0.1) is 0 Å². The molecule has 3 aromatic rings. The second kappa shape index (κ2) is 11.2. The van der Waals surface area contributed by atoms with E-state index in [1.54, 1.807) is 35.5 Å². The Morgan fingerprint density at radius 3 is 2.70 bits per heavy atom. The molecule has 5 rings (SSSR count). The minimum Gasteiger partial charge on any atom is -0.454 e. The Bertz CT molecular complexity index is 1240. The van der Waals surface area contributed by atoms with Crippen LogP contribution in [0, 0.1) is 5.82 Å². The number of halogens is 1. The number of amides is 1. The van der Waals surface area contributed by atoms with Crippen molar-refractivity contribution in [2.24, 2.45) is 5.73 Å². The molecule has 0 aliphatic carbocycles. The largest absolute Gasteiger partial charge is 0.454 e. The summed E-state index contributed by atoms with van der Waals surface area (Å²) in [7, 11) is 0. The molecule has 0 radical (unpaired) electrons. The van der Waals surface area contributed by atoms with Crippen molar-refractivity contribution < 1.29 is 19.0 Å². The van der Waals surface area contributed by atoms with Gasteiger partial charge < -0.3 is 25.8 Å². The van der Waals surface area contributed by atoms with Crippen LogP contribution in [0.4, 0.5) is 10.2 Å². The summed E-state index contributed by atoms with van der Waals surface area (Å²) in [5.74, 6) is 0.308. The normalized spacial score (nSPS) is 18.2. The first-order valence-corrected chi connectivity index (χ1v) is 12.5. The third kappa shape index (κ3) is 5.71. The molecular weight excluding hydrogens is 475 g/mol. The SMILES string of the molecule is NC(Cc1ccc(Oc2ccnc3c2C(CO)CN3)c(F)c1)C(=O)N1CCN(Cc2ccccn2)CC1. The van der Waals surface area contributed by atoms with E-state index in [9.17, 15) is 14.3 Å². The van der Waals surface area contributed by atoms with Gasteiger partial charge in [0.15, 0.2) is 11.6 Å². The number of aromatic nitrogens is 2. The number of ether oxygens (including phenoxy) is 1. The van der Waals surface area contributed by atoms with Gasteiger partial charge in [-0.1, -0.05) is 12.1 Å². The van der Waals surface area contributed by atoms with Gasteiger partial charge in [0.05, 0.1) is 18.3 Å². The number of nitrogens with zero attached hydrogens (tertiary/aromatic N) is 4. The predicted molar refractivity (Wildman–Crippen MR) is 137 cm³/mol. The molecule has 0 spiro atoms. The summed E-state index contributed by atoms with van der Waals surface area (Å²) in [6.07, 6.45) is 3.59. The maximum Gasteiger partial charge on any atom is 0.239 e. The number of carbonyl (C=O) groups is 1. The Morgan fingerprint density at radius 2 is 1.97 bits per heavy atom. The molecule has 2 aromatic heterocycles. The lowest BCUT2D eigenvalue weighted by Crippen LogP contribution is -2.53. The number of piperazine rings is 1. The zero-order valence-corrected chi connectivity index (χ0v) is 20.5. The van der Waals surface area contributed by atoms with Gasteiger partial charge in [0.2, 0.25) is 5.91 Å². The number of rotatable bonds is 8. The molecule has 37 heavy (non-hydrogen) atoms. The van der Waals surface area contributed by atoms with Crippen molar-refractivity contribution in [1.82, 2.24) is 19.8 Å². The molecule has 4 N–H and O–H groups in total. The molecule has 1 fully saturated rings. The van der Waals surface area contributed by atoms with Crippen molar-refractivity contribution in [3.63, 3.8) is 0 Å². The molecule has 2 aliphatic heterocycles. The van der Waals surface area contributed by atoms with Gasteiger partial charge in [-0.2, -0.15) is 0 Å². The first-order chi connectivity index (χ1) is 18.0. The lowest BCUT2D eigenvalue weighted by atomic mass is 10.0. The number of anilines is 1. The Balaban J connectivity index is 1.17. The topological polar surface area (TPSA) is 117 Å². The van der Waals surface area contributed by atoms with Crippen LogP contribution in [0.2, 0.25) is 0 Å². The van der Waals surface area contributed by atoms with Gasteiger partial charge in [0, 0.05) is 63.1 Å². The van der Waals surface area contributed by atoms with E-state index in [4.69, 9.17) is 10.5 Å². The molecule has 1 saturated heterocycles. The quantitative estimate of drug-likeness (QED) is 0.426. The standard InChI is InChI=1S/C27H31FN6O3/c28-21-13-18(4-5-23(21)37-24-6-8-31-26-25(24)19(17-35)15-32-26)14-22(29)27(36)34-11-9-33(10-12-34)16-20-3-1-2-7-30-20/h1-8,13,19,22,35H,9-12,14-17,29H2,(H,31,32). The average Bonchev–Trinajstić information content (AvgIpc) is 3.35. The zero-order valence-electron chi connectivity index (χ0n) is 20.5. The number of benzene rings is 1. The van der Waals surface area contributed by atoms with E-state index in [0.29, 0.717) is 36.8 Å². The van der Waals surface area contributed by atoms with Crippen LogP contribution in [0.5, 0.6) is 11.5 Å². The number of aliphatic hydroxyl groups is 1. The Hall–Kier alpha value is -3.60. The van der Waals surface area contributed by atoms with Crippen LogP contribution in [0.15, 0.2) is 54.9 Å². The molecule has 0 bridgehead atoms. The van der Waals surface area contributed by atoms with Crippen molar-refractivity contribution in [3.8, 4) is 11.5 Å². The fourth-order valence-electron chi connectivity index (χ4n) is 4.85. The number of fused-ring (bicyclic) bond motifs is 1. The van der Waals surface area contributed by atoms with Gasteiger partial charge in [0.1, 0.15) is 11.6 Å². The minimum atomic E-state index is -0.756. The Kier molecular flexibility index (Phi) is 7.59. The van der Waals surface area contributed by atoms with Crippen molar-refractivity contribution in [2.75, 3.05) is 44.6 Å². The molecule has 0 saturated carbocycles. The summed E-state index contributed by atoms with van der Waals surface area (Å²) >= 11 is 0. The van der Waals surface area contributed by atoms with Gasteiger partial charge in [0.25, 0.3) is 0 Å². The van der Waals surface area contributed by atoms with Gasteiger partial charge in [-0.05, 0) is 42.3 Å². The number of pyridine rings is 2. The number of nitrogens with two attached hydrogens (primary N) is 1. The van der Waals surface area contributed by atoms with E-state index in [1.165, 1.54) is 6.07 Å². The summed E-state index contributed by atoms with van der Waals surface area (Å²) in [5.41, 5.74) is 8.60. The zero-order chi connectivity index (χ0) is 25.8. The maximum atomic E-state index is 14.9. The average molecular weight is 507 g/mol. The van der Waals surface area contributed by atoms with E-state index in [1.807, 2.05) is 18.2 Å².